The van der Waals surface area contributed by atoms with Crippen LogP contribution in [0.4, 0.5) is 5.69 Å². The lowest BCUT2D eigenvalue weighted by Crippen LogP contribution is -2.31. The minimum absolute atomic E-state index is 0.0769. The molecule has 1 aliphatic rings. The highest BCUT2D eigenvalue weighted by Gasteiger charge is 2.46. The molecule has 1 fully saturated rings. The Hall–Kier alpha value is -4.27. The summed E-state index contributed by atoms with van der Waals surface area (Å²) in [5.41, 5.74) is 1.52. The van der Waals surface area contributed by atoms with Crippen LogP contribution in [-0.4, -0.2) is 42.7 Å². The lowest BCUT2D eigenvalue weighted by atomic mass is 9.94. The van der Waals surface area contributed by atoms with E-state index in [1.807, 2.05) is 11.5 Å². The summed E-state index contributed by atoms with van der Waals surface area (Å²) in [7, 11) is 0. The number of nitro groups is 1. The second kappa shape index (κ2) is 9.07. The third-order valence-corrected chi connectivity index (χ3v) is 5.64. The maximum absolute atomic E-state index is 13.0. The van der Waals surface area contributed by atoms with Crippen molar-refractivity contribution in [3.05, 3.63) is 99.6 Å². The fourth-order valence-corrected chi connectivity index (χ4v) is 3.98. The summed E-state index contributed by atoms with van der Waals surface area (Å²) < 4.78 is 1.85. The molecule has 2 aromatic carbocycles. The SMILES string of the molecule is Cc1ccc(C(O)=C2C(=O)C(=O)N(CCCn3ccnc3)[C@@H]2c2cccc([N+](=O)[O-])c2)cc1. The Labute approximate surface area is 189 Å². The van der Waals surface area contributed by atoms with Gasteiger partial charge in [0.25, 0.3) is 17.4 Å². The Morgan fingerprint density at radius 1 is 1.15 bits per heavy atom. The molecule has 0 unspecified atom stereocenters. The number of aromatic nitrogens is 2. The Balaban J connectivity index is 1.76. The van der Waals surface area contributed by atoms with Gasteiger partial charge in [-0.05, 0) is 18.9 Å². The lowest BCUT2D eigenvalue weighted by Gasteiger charge is -2.25. The fraction of sp³-hybridized carbons (Fsp3) is 0.208. The summed E-state index contributed by atoms with van der Waals surface area (Å²) >= 11 is 0. The quantitative estimate of drug-likeness (QED) is 0.195. The Kier molecular flexibility index (Phi) is 6.03. The van der Waals surface area contributed by atoms with Gasteiger partial charge < -0.3 is 14.6 Å². The summed E-state index contributed by atoms with van der Waals surface area (Å²) in [5, 5.41) is 22.4. The van der Waals surface area contributed by atoms with E-state index < -0.39 is 22.7 Å². The number of nitrogens with zero attached hydrogens (tertiary/aromatic N) is 4. The monoisotopic (exact) mass is 446 g/mol. The minimum atomic E-state index is -0.936. The van der Waals surface area contributed by atoms with Crippen LogP contribution < -0.4 is 0 Å². The number of aliphatic hydroxyl groups is 1. The maximum atomic E-state index is 13.0. The van der Waals surface area contributed by atoms with Crippen molar-refractivity contribution in [3.63, 3.8) is 0 Å². The highest BCUT2D eigenvalue weighted by molar-refractivity contribution is 6.46. The van der Waals surface area contributed by atoms with Crippen LogP contribution in [0.5, 0.6) is 0 Å². The zero-order valence-corrected chi connectivity index (χ0v) is 17.9. The van der Waals surface area contributed by atoms with E-state index in [0.717, 1.165) is 5.56 Å². The van der Waals surface area contributed by atoms with Gasteiger partial charge in [0.2, 0.25) is 0 Å². The average molecular weight is 446 g/mol. The molecule has 4 rings (SSSR count). The van der Waals surface area contributed by atoms with Crippen LogP contribution in [0.15, 0.2) is 72.8 Å². The highest BCUT2D eigenvalue weighted by atomic mass is 16.6. The van der Waals surface area contributed by atoms with Crippen LogP contribution in [0.3, 0.4) is 0 Å². The number of Topliss-reactive ketones (excluding diaryl/α,β-unsaturated/α-hetero) is 1. The lowest BCUT2D eigenvalue weighted by molar-refractivity contribution is -0.384. The molecule has 33 heavy (non-hydrogen) atoms. The van der Waals surface area contributed by atoms with Crippen molar-refractivity contribution in [1.29, 1.82) is 0 Å². The molecule has 9 heteroatoms. The van der Waals surface area contributed by atoms with Crippen molar-refractivity contribution >= 4 is 23.1 Å². The van der Waals surface area contributed by atoms with Gasteiger partial charge in [0.05, 0.1) is 22.9 Å². The molecule has 1 aliphatic heterocycles. The number of carbonyl (C=O) groups is 2. The van der Waals surface area contributed by atoms with E-state index in [4.69, 9.17) is 0 Å². The number of nitro benzene ring substituents is 1. The van der Waals surface area contributed by atoms with Gasteiger partial charge in [-0.1, -0.05) is 42.0 Å². The first-order chi connectivity index (χ1) is 15.9. The molecule has 1 amide bonds. The summed E-state index contributed by atoms with van der Waals surface area (Å²) in [4.78, 5) is 42.2. The molecule has 9 nitrogen and oxygen atoms in total. The molecule has 1 N–H and O–H groups in total. The van der Waals surface area contributed by atoms with Gasteiger partial charge >= 0.3 is 0 Å². The predicted octanol–water partition coefficient (Wildman–Crippen LogP) is 3.61. The summed E-state index contributed by atoms with van der Waals surface area (Å²) in [6.45, 7) is 2.69. The van der Waals surface area contributed by atoms with Crippen LogP contribution in [0, 0.1) is 17.0 Å². The first-order valence-electron chi connectivity index (χ1n) is 10.4. The largest absolute Gasteiger partial charge is 0.507 e. The Morgan fingerprint density at radius 2 is 1.91 bits per heavy atom. The van der Waals surface area contributed by atoms with E-state index in [-0.39, 0.29) is 23.6 Å². The number of non-ortho nitro benzene ring substituents is 1. The van der Waals surface area contributed by atoms with Gasteiger partial charge in [-0.15, -0.1) is 0 Å². The van der Waals surface area contributed by atoms with E-state index in [2.05, 4.69) is 4.98 Å². The number of aryl methyl sites for hydroxylation is 2. The van der Waals surface area contributed by atoms with Gasteiger partial charge in [-0.25, -0.2) is 4.98 Å². The number of imidazole rings is 1. The second-order valence-electron chi connectivity index (χ2n) is 7.86. The minimum Gasteiger partial charge on any atom is -0.507 e. The molecular formula is C24H22N4O5. The zero-order valence-electron chi connectivity index (χ0n) is 17.9. The smallest absolute Gasteiger partial charge is 0.295 e. The standard InChI is InChI=1S/C24H22N4O5/c1-16-6-8-17(9-7-16)22(29)20-21(18-4-2-5-19(14-18)28(32)33)27(24(31)23(20)30)12-3-11-26-13-10-25-15-26/h2,4-10,13-15,21,29H,3,11-12H2,1H3/t21-/m1/s1. The van der Waals surface area contributed by atoms with Gasteiger partial charge in [-0.3, -0.25) is 19.7 Å². The predicted molar refractivity (Wildman–Crippen MR) is 120 cm³/mol. The Bertz CT molecular complexity index is 1230. The molecule has 3 aromatic rings. The van der Waals surface area contributed by atoms with Crippen molar-refractivity contribution in [2.75, 3.05) is 6.54 Å². The van der Waals surface area contributed by atoms with Crippen molar-refractivity contribution in [2.24, 2.45) is 0 Å². The van der Waals surface area contributed by atoms with Crippen LogP contribution in [-0.2, 0) is 16.1 Å². The molecule has 1 atom stereocenters. The van der Waals surface area contributed by atoms with Gasteiger partial charge in [0.15, 0.2) is 0 Å². The molecule has 2 heterocycles. The van der Waals surface area contributed by atoms with Crippen LogP contribution in [0.1, 0.15) is 29.2 Å². The number of ketones is 1. The van der Waals surface area contributed by atoms with Crippen molar-refractivity contribution in [2.45, 2.75) is 25.9 Å². The highest BCUT2D eigenvalue weighted by Crippen LogP contribution is 2.40. The second-order valence-corrected chi connectivity index (χ2v) is 7.86. The van der Waals surface area contributed by atoms with Crippen molar-refractivity contribution in [1.82, 2.24) is 14.5 Å². The third-order valence-electron chi connectivity index (χ3n) is 5.64. The molecule has 168 valence electrons. The maximum Gasteiger partial charge on any atom is 0.295 e. The fourth-order valence-electron chi connectivity index (χ4n) is 3.98. The Morgan fingerprint density at radius 3 is 2.58 bits per heavy atom. The van der Waals surface area contributed by atoms with E-state index in [0.29, 0.717) is 24.1 Å². The van der Waals surface area contributed by atoms with Crippen LogP contribution in [0.25, 0.3) is 5.76 Å². The molecule has 0 radical (unpaired) electrons. The van der Waals surface area contributed by atoms with E-state index in [1.54, 1.807) is 49.1 Å². The van der Waals surface area contributed by atoms with Gasteiger partial charge in [0.1, 0.15) is 5.76 Å². The van der Waals surface area contributed by atoms with E-state index in [9.17, 15) is 24.8 Å². The zero-order chi connectivity index (χ0) is 23.5. The van der Waals surface area contributed by atoms with Gasteiger partial charge in [0, 0.05) is 43.2 Å². The molecule has 1 saturated heterocycles. The first kappa shape index (κ1) is 21.9. The summed E-state index contributed by atoms with van der Waals surface area (Å²) in [5.74, 6) is -1.86. The van der Waals surface area contributed by atoms with Crippen LogP contribution >= 0.6 is 0 Å². The van der Waals surface area contributed by atoms with Crippen molar-refractivity contribution < 1.29 is 19.6 Å². The number of likely N-dealkylation sites (tertiary alicyclic amines) is 1. The number of hydrogen-bond donors (Lipinski definition) is 1. The summed E-state index contributed by atoms with van der Waals surface area (Å²) in [6, 6.07) is 11.8. The molecular weight excluding hydrogens is 424 g/mol. The molecule has 1 aromatic heterocycles. The molecule has 0 aliphatic carbocycles. The average Bonchev–Trinajstić information content (AvgIpc) is 3.41. The van der Waals surface area contributed by atoms with Crippen molar-refractivity contribution in [3.8, 4) is 0 Å². The van der Waals surface area contributed by atoms with Crippen LogP contribution in [0.2, 0.25) is 0 Å². The van der Waals surface area contributed by atoms with E-state index in [1.165, 1.54) is 23.1 Å². The number of aliphatic hydroxyl groups excluding tert-OH is 1. The number of carbonyl (C=O) groups excluding carboxylic acids is 2. The molecule has 0 bridgehead atoms. The summed E-state index contributed by atoms with van der Waals surface area (Å²) in [6.07, 6.45) is 5.63. The molecule has 0 saturated carbocycles. The first-order valence-corrected chi connectivity index (χ1v) is 10.4. The third kappa shape index (κ3) is 4.38. The van der Waals surface area contributed by atoms with Gasteiger partial charge in [-0.2, -0.15) is 0 Å². The molecule has 0 spiro atoms. The topological polar surface area (TPSA) is 119 Å². The normalized spacial score (nSPS) is 17.5. The van der Waals surface area contributed by atoms with E-state index >= 15 is 0 Å². The number of hydrogen-bond acceptors (Lipinski definition) is 6. The number of amides is 1. The number of benzene rings is 2. The number of rotatable bonds is 7.